The second-order valence-electron chi connectivity index (χ2n) is 3.45. The Morgan fingerprint density at radius 1 is 1.53 bits per heavy atom. The van der Waals surface area contributed by atoms with E-state index in [1.807, 2.05) is 18.0 Å². The summed E-state index contributed by atoms with van der Waals surface area (Å²) in [7, 11) is 1.92. The fraction of sp³-hybridized carbons (Fsp3) is 0.222. The van der Waals surface area contributed by atoms with Gasteiger partial charge in [0.25, 0.3) is 0 Å². The first-order chi connectivity index (χ1) is 7.15. The van der Waals surface area contributed by atoms with Crippen LogP contribution in [0.15, 0.2) is 24.2 Å². The summed E-state index contributed by atoms with van der Waals surface area (Å²) in [5, 5.41) is 1.54. The lowest BCUT2D eigenvalue weighted by Crippen LogP contribution is -2.42. The molecule has 6 N–H and O–H groups in total. The molecule has 0 radical (unpaired) electrons. The van der Waals surface area contributed by atoms with Crippen molar-refractivity contribution in [2.75, 3.05) is 29.2 Å². The maximum absolute atomic E-state index is 5.91. The number of aromatic nitrogens is 1. The third kappa shape index (κ3) is 1.35. The van der Waals surface area contributed by atoms with Crippen LogP contribution < -0.4 is 27.2 Å². The number of nitrogens with zero attached hydrogens (tertiary/aromatic N) is 3. The van der Waals surface area contributed by atoms with E-state index in [9.17, 15) is 0 Å². The Kier molecular flexibility index (Phi) is 2.12. The van der Waals surface area contributed by atoms with Gasteiger partial charge in [-0.05, 0) is 6.07 Å². The minimum absolute atomic E-state index is 0.474. The highest BCUT2D eigenvalue weighted by Crippen LogP contribution is 2.36. The van der Waals surface area contributed by atoms with Crippen molar-refractivity contribution in [2.24, 2.45) is 11.6 Å². The normalized spacial score (nSPS) is 18.1. The monoisotopic (exact) mass is 206 g/mol. The Hall–Kier alpha value is -1.95. The fourth-order valence-corrected chi connectivity index (χ4v) is 1.73. The number of hydrogen-bond donors (Lipinski definition) is 3. The van der Waals surface area contributed by atoms with E-state index in [1.165, 1.54) is 11.2 Å². The number of hydrazine groups is 1. The van der Waals surface area contributed by atoms with E-state index in [1.54, 1.807) is 6.20 Å². The molecule has 0 unspecified atom stereocenters. The number of fused-ring (bicyclic) bond motifs is 1. The van der Waals surface area contributed by atoms with Crippen LogP contribution >= 0.6 is 0 Å². The SMILES string of the molecule is CN1C/C(=C/N)N(N)c2ccnc(N)c21. The van der Waals surface area contributed by atoms with Gasteiger partial charge in [-0.25, -0.2) is 10.8 Å². The quantitative estimate of drug-likeness (QED) is 0.499. The lowest BCUT2D eigenvalue weighted by Gasteiger charge is -2.35. The van der Waals surface area contributed by atoms with Gasteiger partial charge >= 0.3 is 0 Å². The van der Waals surface area contributed by atoms with Gasteiger partial charge in [-0.1, -0.05) is 0 Å². The van der Waals surface area contributed by atoms with Gasteiger partial charge in [0.15, 0.2) is 0 Å². The molecule has 0 saturated heterocycles. The molecule has 1 aromatic heterocycles. The Bertz CT molecular complexity index is 413. The third-order valence-corrected chi connectivity index (χ3v) is 2.47. The molecule has 6 nitrogen and oxygen atoms in total. The van der Waals surface area contributed by atoms with Gasteiger partial charge in [0.05, 0.1) is 17.9 Å². The summed E-state index contributed by atoms with van der Waals surface area (Å²) < 4.78 is 0. The highest BCUT2D eigenvalue weighted by atomic mass is 15.4. The van der Waals surface area contributed by atoms with Gasteiger partial charge in [-0.3, -0.25) is 5.01 Å². The average molecular weight is 206 g/mol. The number of nitrogens with two attached hydrogens (primary N) is 3. The zero-order valence-corrected chi connectivity index (χ0v) is 8.51. The minimum atomic E-state index is 0.474. The van der Waals surface area contributed by atoms with E-state index in [-0.39, 0.29) is 0 Å². The second-order valence-corrected chi connectivity index (χ2v) is 3.45. The number of anilines is 3. The number of hydrogen-bond acceptors (Lipinski definition) is 6. The van der Waals surface area contributed by atoms with Crippen LogP contribution in [-0.2, 0) is 0 Å². The number of rotatable bonds is 0. The van der Waals surface area contributed by atoms with Gasteiger partial charge < -0.3 is 16.4 Å². The maximum Gasteiger partial charge on any atom is 0.149 e. The van der Waals surface area contributed by atoms with Crippen molar-refractivity contribution < 1.29 is 0 Å². The Labute approximate surface area is 87.9 Å². The summed E-state index contributed by atoms with van der Waals surface area (Å²) >= 11 is 0. The summed E-state index contributed by atoms with van der Waals surface area (Å²) in [6.45, 7) is 0.621. The molecule has 1 aliphatic rings. The van der Waals surface area contributed by atoms with Crippen LogP contribution in [0.4, 0.5) is 17.2 Å². The largest absolute Gasteiger partial charge is 0.403 e. The van der Waals surface area contributed by atoms with Crippen molar-refractivity contribution >= 4 is 17.2 Å². The summed E-state index contributed by atoms with van der Waals surface area (Å²) in [6, 6.07) is 1.81. The van der Waals surface area contributed by atoms with Crippen molar-refractivity contribution in [1.82, 2.24) is 4.98 Å². The Balaban J connectivity index is 2.58. The van der Waals surface area contributed by atoms with E-state index in [0.717, 1.165) is 17.1 Å². The van der Waals surface area contributed by atoms with Gasteiger partial charge in [0, 0.05) is 19.4 Å². The van der Waals surface area contributed by atoms with Gasteiger partial charge in [0.1, 0.15) is 11.5 Å². The van der Waals surface area contributed by atoms with Crippen LogP contribution in [0.2, 0.25) is 0 Å². The van der Waals surface area contributed by atoms with Crippen LogP contribution in [0.3, 0.4) is 0 Å². The zero-order chi connectivity index (χ0) is 11.0. The second kappa shape index (κ2) is 3.32. The van der Waals surface area contributed by atoms with Crippen molar-refractivity contribution in [3.8, 4) is 0 Å². The highest BCUT2D eigenvalue weighted by molar-refractivity contribution is 5.83. The summed E-state index contributed by atoms with van der Waals surface area (Å²) in [5.41, 5.74) is 13.8. The van der Waals surface area contributed by atoms with Crippen LogP contribution in [0.1, 0.15) is 0 Å². The first kappa shape index (κ1) is 9.60. The van der Waals surface area contributed by atoms with Crippen molar-refractivity contribution in [2.45, 2.75) is 0 Å². The maximum atomic E-state index is 5.91. The first-order valence-electron chi connectivity index (χ1n) is 4.56. The average Bonchev–Trinajstić information content (AvgIpc) is 2.23. The van der Waals surface area contributed by atoms with E-state index in [2.05, 4.69) is 4.98 Å². The number of likely N-dealkylation sites (N-methyl/N-ethyl adjacent to an activating group) is 1. The first-order valence-corrected chi connectivity index (χ1v) is 4.56. The van der Waals surface area contributed by atoms with E-state index in [4.69, 9.17) is 17.3 Å². The van der Waals surface area contributed by atoms with Crippen LogP contribution in [0, 0.1) is 0 Å². The summed E-state index contributed by atoms with van der Waals surface area (Å²) in [4.78, 5) is 6.00. The Morgan fingerprint density at radius 3 is 2.93 bits per heavy atom. The van der Waals surface area contributed by atoms with E-state index in [0.29, 0.717) is 12.4 Å². The molecule has 0 saturated carbocycles. The van der Waals surface area contributed by atoms with Crippen LogP contribution in [-0.4, -0.2) is 18.6 Å². The standard InChI is InChI=1S/C9H14N6/c1-14-5-6(4-10)15(12)7-2-3-13-9(11)8(7)14/h2-4H,5,10,12H2,1H3,(H2,11,13)/b6-4-. The van der Waals surface area contributed by atoms with E-state index < -0.39 is 0 Å². The lowest BCUT2D eigenvalue weighted by atomic mass is 10.2. The summed E-state index contributed by atoms with van der Waals surface area (Å²) in [5.74, 6) is 6.38. The van der Waals surface area contributed by atoms with Crippen molar-refractivity contribution in [3.05, 3.63) is 24.2 Å². The molecule has 2 rings (SSSR count). The molecule has 0 aliphatic carbocycles. The molecule has 80 valence electrons. The molecule has 1 aliphatic heterocycles. The van der Waals surface area contributed by atoms with E-state index >= 15 is 0 Å². The molecule has 0 bridgehead atoms. The van der Waals surface area contributed by atoms with Gasteiger partial charge in [-0.15, -0.1) is 0 Å². The highest BCUT2D eigenvalue weighted by Gasteiger charge is 2.24. The molecule has 0 amide bonds. The van der Waals surface area contributed by atoms with Crippen molar-refractivity contribution in [1.29, 1.82) is 0 Å². The number of pyridine rings is 1. The number of nitrogen functional groups attached to an aromatic ring is 1. The summed E-state index contributed by atoms with van der Waals surface area (Å²) in [6.07, 6.45) is 3.12. The Morgan fingerprint density at radius 2 is 2.27 bits per heavy atom. The molecular formula is C9H14N6. The molecule has 0 aromatic carbocycles. The van der Waals surface area contributed by atoms with Gasteiger partial charge in [0.2, 0.25) is 0 Å². The molecule has 1 aromatic rings. The molecule has 6 heteroatoms. The minimum Gasteiger partial charge on any atom is -0.403 e. The smallest absolute Gasteiger partial charge is 0.149 e. The van der Waals surface area contributed by atoms with Crippen LogP contribution in [0.25, 0.3) is 0 Å². The zero-order valence-electron chi connectivity index (χ0n) is 8.51. The molecule has 2 heterocycles. The van der Waals surface area contributed by atoms with Crippen molar-refractivity contribution in [3.63, 3.8) is 0 Å². The molecular weight excluding hydrogens is 192 g/mol. The topological polar surface area (TPSA) is 97.4 Å². The molecule has 0 atom stereocenters. The fourth-order valence-electron chi connectivity index (χ4n) is 1.73. The molecule has 0 fully saturated rings. The third-order valence-electron chi connectivity index (χ3n) is 2.47. The van der Waals surface area contributed by atoms with Gasteiger partial charge in [-0.2, -0.15) is 0 Å². The predicted molar refractivity (Wildman–Crippen MR) is 60.9 cm³/mol. The predicted octanol–water partition coefficient (Wildman–Crippen LogP) is -0.406. The van der Waals surface area contributed by atoms with Crippen LogP contribution in [0.5, 0.6) is 0 Å². The molecule has 0 spiro atoms. The molecule has 15 heavy (non-hydrogen) atoms. The lowest BCUT2D eigenvalue weighted by molar-refractivity contribution is 0.845.